The fourth-order valence-corrected chi connectivity index (χ4v) is 3.78. The number of benzene rings is 2. The molecule has 1 N–H and O–H groups in total. The van der Waals surface area contributed by atoms with Gasteiger partial charge in [-0.05, 0) is 59.6 Å². The predicted molar refractivity (Wildman–Crippen MR) is 116 cm³/mol. The van der Waals surface area contributed by atoms with Crippen LogP contribution >= 0.6 is 24.0 Å². The summed E-state index contributed by atoms with van der Waals surface area (Å²) < 4.78 is 5.37. The Hall–Kier alpha value is -2.64. The third kappa shape index (κ3) is 4.43. The molecule has 1 aliphatic rings. The van der Waals surface area contributed by atoms with Crippen molar-refractivity contribution in [2.75, 3.05) is 7.11 Å². The average Bonchev–Trinajstić information content (AvgIpc) is 2.95. The molecular formula is C21H20N2O3S2. The van der Waals surface area contributed by atoms with Gasteiger partial charge in [-0.15, -0.1) is 0 Å². The molecule has 144 valence electrons. The van der Waals surface area contributed by atoms with Gasteiger partial charge in [0.05, 0.1) is 12.0 Å². The summed E-state index contributed by atoms with van der Waals surface area (Å²) in [7, 11) is 1.55. The van der Waals surface area contributed by atoms with Crippen LogP contribution in [0.15, 0.2) is 53.4 Å². The maximum atomic E-state index is 12.7. The lowest BCUT2D eigenvalue weighted by Crippen LogP contribution is -2.44. The molecular weight excluding hydrogens is 392 g/mol. The third-order valence-corrected chi connectivity index (χ3v) is 5.56. The van der Waals surface area contributed by atoms with Crippen LogP contribution in [-0.2, 0) is 4.79 Å². The van der Waals surface area contributed by atoms with Gasteiger partial charge in [-0.1, -0.05) is 49.9 Å². The van der Waals surface area contributed by atoms with Gasteiger partial charge in [0.1, 0.15) is 5.75 Å². The molecule has 0 aromatic heterocycles. The number of nitrogens with one attached hydrogen (secondary N) is 1. The topological polar surface area (TPSA) is 58.6 Å². The van der Waals surface area contributed by atoms with E-state index < -0.39 is 5.91 Å². The summed E-state index contributed by atoms with van der Waals surface area (Å²) in [5.41, 5.74) is 5.12. The first-order valence-electron chi connectivity index (χ1n) is 8.72. The minimum Gasteiger partial charge on any atom is -0.497 e. The molecule has 1 saturated heterocycles. The monoisotopic (exact) mass is 412 g/mol. The molecule has 7 heteroatoms. The standard InChI is InChI=1S/C21H20N2O3S2/c1-13(2)15-6-4-14(5-7-15)12-18-20(25)23(21(27)28-18)22-19(24)16-8-10-17(26-3)11-9-16/h4-13H,1-3H3,(H,22,24)/b18-12+. The number of hydrogen-bond acceptors (Lipinski definition) is 5. The van der Waals surface area contributed by atoms with Gasteiger partial charge in [0.25, 0.3) is 11.8 Å². The Kier molecular flexibility index (Phi) is 6.16. The predicted octanol–water partition coefficient (Wildman–Crippen LogP) is 4.36. The maximum absolute atomic E-state index is 12.7. The Bertz CT molecular complexity index is 935. The SMILES string of the molecule is COc1ccc(C(=O)NN2C(=O)/C(=C\c3ccc(C(C)C)cc3)SC2=S)cc1. The number of methoxy groups -OCH3 is 1. The Balaban J connectivity index is 1.72. The van der Waals surface area contributed by atoms with Crippen LogP contribution in [0.5, 0.6) is 5.75 Å². The lowest BCUT2D eigenvalue weighted by molar-refractivity contribution is -0.123. The largest absolute Gasteiger partial charge is 0.497 e. The summed E-state index contributed by atoms with van der Waals surface area (Å²) in [5, 5.41) is 1.11. The molecule has 0 bridgehead atoms. The van der Waals surface area contributed by atoms with E-state index in [0.29, 0.717) is 22.1 Å². The maximum Gasteiger partial charge on any atom is 0.285 e. The highest BCUT2D eigenvalue weighted by atomic mass is 32.2. The highest BCUT2D eigenvalue weighted by Crippen LogP contribution is 2.31. The minimum atomic E-state index is -0.415. The molecule has 0 aliphatic carbocycles. The van der Waals surface area contributed by atoms with Gasteiger partial charge in [-0.25, -0.2) is 0 Å². The van der Waals surface area contributed by atoms with Crippen LogP contribution in [0.2, 0.25) is 0 Å². The molecule has 28 heavy (non-hydrogen) atoms. The van der Waals surface area contributed by atoms with Crippen molar-refractivity contribution in [2.45, 2.75) is 19.8 Å². The number of carbonyl (C=O) groups is 2. The average molecular weight is 413 g/mol. The number of nitrogens with zero attached hydrogens (tertiary/aromatic N) is 1. The van der Waals surface area contributed by atoms with Gasteiger partial charge < -0.3 is 4.74 Å². The van der Waals surface area contributed by atoms with Crippen LogP contribution < -0.4 is 10.2 Å². The fraction of sp³-hybridized carbons (Fsp3) is 0.190. The number of rotatable bonds is 5. The van der Waals surface area contributed by atoms with E-state index in [-0.39, 0.29) is 10.2 Å². The first kappa shape index (κ1) is 20.1. The molecule has 0 unspecified atom stereocenters. The molecule has 0 radical (unpaired) electrons. The second-order valence-electron chi connectivity index (χ2n) is 6.51. The number of ether oxygens (including phenoxy) is 1. The van der Waals surface area contributed by atoms with Crippen molar-refractivity contribution < 1.29 is 14.3 Å². The molecule has 2 aromatic rings. The molecule has 0 atom stereocenters. The zero-order valence-electron chi connectivity index (χ0n) is 15.8. The normalized spacial score (nSPS) is 15.4. The van der Waals surface area contributed by atoms with Crippen molar-refractivity contribution in [3.05, 3.63) is 70.1 Å². The van der Waals surface area contributed by atoms with Crippen molar-refractivity contribution in [2.24, 2.45) is 0 Å². The van der Waals surface area contributed by atoms with Gasteiger partial charge in [-0.2, -0.15) is 5.01 Å². The van der Waals surface area contributed by atoms with E-state index >= 15 is 0 Å². The molecule has 1 heterocycles. The molecule has 1 aliphatic heterocycles. The van der Waals surface area contributed by atoms with Crippen molar-refractivity contribution >= 4 is 46.2 Å². The Morgan fingerprint density at radius 1 is 1.14 bits per heavy atom. The molecule has 0 spiro atoms. The van der Waals surface area contributed by atoms with E-state index in [1.807, 2.05) is 24.3 Å². The highest BCUT2D eigenvalue weighted by Gasteiger charge is 2.33. The quantitative estimate of drug-likeness (QED) is 0.584. The lowest BCUT2D eigenvalue weighted by atomic mass is 10.0. The van der Waals surface area contributed by atoms with Gasteiger partial charge >= 0.3 is 0 Å². The summed E-state index contributed by atoms with van der Waals surface area (Å²) in [6, 6.07) is 14.6. The first-order chi connectivity index (χ1) is 13.4. The van der Waals surface area contributed by atoms with Gasteiger partial charge in [-0.3, -0.25) is 15.0 Å². The molecule has 3 rings (SSSR count). The smallest absolute Gasteiger partial charge is 0.285 e. The van der Waals surface area contributed by atoms with Crippen molar-refractivity contribution in [1.29, 1.82) is 0 Å². The number of hydrazine groups is 1. The van der Waals surface area contributed by atoms with Crippen LogP contribution in [0.1, 0.15) is 41.3 Å². The second kappa shape index (κ2) is 8.58. The molecule has 0 saturated carbocycles. The van der Waals surface area contributed by atoms with Gasteiger partial charge in [0.2, 0.25) is 0 Å². The number of amides is 2. The zero-order chi connectivity index (χ0) is 20.3. The zero-order valence-corrected chi connectivity index (χ0v) is 17.4. The number of carbonyl (C=O) groups excluding carboxylic acids is 2. The first-order valence-corrected chi connectivity index (χ1v) is 9.94. The summed E-state index contributed by atoms with van der Waals surface area (Å²) in [5.74, 6) is 0.334. The van der Waals surface area contributed by atoms with E-state index in [1.165, 1.54) is 5.56 Å². The van der Waals surface area contributed by atoms with E-state index in [0.717, 1.165) is 22.3 Å². The minimum absolute atomic E-state index is 0.289. The molecule has 1 fully saturated rings. The number of thioether (sulfide) groups is 1. The van der Waals surface area contributed by atoms with Gasteiger partial charge in [0, 0.05) is 5.56 Å². The summed E-state index contributed by atoms with van der Waals surface area (Å²) in [6.45, 7) is 4.26. The van der Waals surface area contributed by atoms with E-state index in [4.69, 9.17) is 17.0 Å². The van der Waals surface area contributed by atoms with E-state index in [2.05, 4.69) is 19.3 Å². The summed E-state index contributed by atoms with van der Waals surface area (Å²) in [6.07, 6.45) is 1.78. The Morgan fingerprint density at radius 2 is 1.79 bits per heavy atom. The third-order valence-electron chi connectivity index (χ3n) is 4.26. The van der Waals surface area contributed by atoms with Crippen LogP contribution in [0, 0.1) is 0 Å². The number of hydrogen-bond donors (Lipinski definition) is 1. The summed E-state index contributed by atoms with van der Waals surface area (Å²) in [4.78, 5) is 25.6. The van der Waals surface area contributed by atoms with Crippen molar-refractivity contribution in [1.82, 2.24) is 10.4 Å². The fourth-order valence-electron chi connectivity index (χ4n) is 2.60. The van der Waals surface area contributed by atoms with Crippen LogP contribution in [0.3, 0.4) is 0 Å². The molecule has 5 nitrogen and oxygen atoms in total. The lowest BCUT2D eigenvalue weighted by Gasteiger charge is -2.15. The highest BCUT2D eigenvalue weighted by molar-refractivity contribution is 8.26. The van der Waals surface area contributed by atoms with Crippen molar-refractivity contribution in [3.63, 3.8) is 0 Å². The van der Waals surface area contributed by atoms with Crippen LogP contribution in [0.25, 0.3) is 6.08 Å². The van der Waals surface area contributed by atoms with Crippen LogP contribution in [-0.4, -0.2) is 28.3 Å². The number of thiocarbonyl (C=S) groups is 1. The second-order valence-corrected chi connectivity index (χ2v) is 8.18. The summed E-state index contributed by atoms with van der Waals surface area (Å²) >= 11 is 6.43. The Labute approximate surface area is 173 Å². The van der Waals surface area contributed by atoms with Crippen LogP contribution in [0.4, 0.5) is 0 Å². The Morgan fingerprint density at radius 3 is 2.36 bits per heavy atom. The molecule has 2 amide bonds. The van der Waals surface area contributed by atoms with E-state index in [1.54, 1.807) is 37.5 Å². The van der Waals surface area contributed by atoms with Gasteiger partial charge in [0.15, 0.2) is 4.32 Å². The van der Waals surface area contributed by atoms with Crippen molar-refractivity contribution in [3.8, 4) is 5.75 Å². The molecule has 2 aromatic carbocycles. The van der Waals surface area contributed by atoms with E-state index in [9.17, 15) is 9.59 Å².